The van der Waals surface area contributed by atoms with Gasteiger partial charge < -0.3 is 9.84 Å². The number of methoxy groups -OCH3 is 1. The van der Waals surface area contributed by atoms with Gasteiger partial charge in [0.1, 0.15) is 11.4 Å². The third-order valence-electron chi connectivity index (χ3n) is 4.62. The average Bonchev–Trinajstić information content (AvgIpc) is 3.20. The van der Waals surface area contributed by atoms with Gasteiger partial charge in [-0.2, -0.15) is 27.0 Å². The molecule has 0 amide bonds. The average molecular weight is 525 g/mol. The van der Waals surface area contributed by atoms with Gasteiger partial charge in [0.15, 0.2) is 5.69 Å². The number of rotatable bonds is 9. The van der Waals surface area contributed by atoms with Crippen molar-refractivity contribution in [2.75, 3.05) is 14.2 Å². The summed E-state index contributed by atoms with van der Waals surface area (Å²) < 4.78 is 65.0. The van der Waals surface area contributed by atoms with E-state index in [4.69, 9.17) is 9.29 Å². The van der Waals surface area contributed by atoms with Crippen molar-refractivity contribution in [2.24, 2.45) is 10.2 Å². The zero-order valence-corrected chi connectivity index (χ0v) is 20.0. The fraction of sp³-hybridized carbons (Fsp3) is 0.200. The van der Waals surface area contributed by atoms with E-state index in [2.05, 4.69) is 19.5 Å². The first-order valence-corrected chi connectivity index (χ1v) is 12.7. The molecule has 0 aliphatic rings. The highest BCUT2D eigenvalue weighted by Gasteiger charge is 2.25. The lowest BCUT2D eigenvalue weighted by molar-refractivity contribution is 0.0594. The summed E-state index contributed by atoms with van der Waals surface area (Å²) in [6.45, 7) is -0.607. The molecule has 1 heterocycles. The minimum Gasteiger partial charge on any atom is -0.464 e. The Morgan fingerprint density at radius 1 is 1.00 bits per heavy atom. The number of nitrogens with zero attached hydrogens (tertiary/aromatic N) is 4. The van der Waals surface area contributed by atoms with E-state index in [1.165, 1.54) is 53.2 Å². The minimum atomic E-state index is -4.19. The number of carbonyl (C=O) groups excluding carboxylic acids is 1. The number of aliphatic hydroxyl groups excluding tert-OH is 1. The molecule has 0 saturated heterocycles. The van der Waals surface area contributed by atoms with Crippen molar-refractivity contribution >= 4 is 37.6 Å². The molecule has 0 fully saturated rings. The highest BCUT2D eigenvalue weighted by atomic mass is 32.2. The molecule has 0 spiro atoms. The molecule has 0 unspecified atom stereocenters. The van der Waals surface area contributed by atoms with Crippen LogP contribution in [0.1, 0.15) is 21.7 Å². The monoisotopic (exact) mass is 524 g/mol. The van der Waals surface area contributed by atoms with E-state index >= 15 is 0 Å². The van der Waals surface area contributed by atoms with Crippen molar-refractivity contribution in [1.29, 1.82) is 0 Å². The lowest BCUT2D eigenvalue weighted by Crippen LogP contribution is -2.06. The van der Waals surface area contributed by atoms with Crippen molar-refractivity contribution < 1.29 is 40.2 Å². The Hall–Kier alpha value is -3.50. The number of aromatic nitrogens is 2. The topological polar surface area (TPSA) is 187 Å². The van der Waals surface area contributed by atoms with Gasteiger partial charge in [-0.15, -0.1) is 5.11 Å². The molecule has 0 aliphatic carbocycles. The summed E-state index contributed by atoms with van der Waals surface area (Å²) in [5, 5.41) is 22.2. The number of aliphatic hydroxyl groups is 1. The molecule has 0 aliphatic heterocycles. The number of esters is 1. The molecule has 3 aromatic rings. The molecule has 35 heavy (non-hydrogen) atoms. The highest BCUT2D eigenvalue weighted by molar-refractivity contribution is 7.86. The molecule has 15 heteroatoms. The fourth-order valence-electron chi connectivity index (χ4n) is 2.97. The molecule has 3 rings (SSSR count). The third-order valence-corrected chi connectivity index (χ3v) is 6.61. The van der Waals surface area contributed by atoms with Crippen LogP contribution in [0.5, 0.6) is 0 Å². The largest absolute Gasteiger partial charge is 0.464 e. The van der Waals surface area contributed by atoms with Crippen LogP contribution in [-0.4, -0.2) is 56.5 Å². The molecule has 13 nitrogen and oxygen atoms in total. The molecule has 0 bridgehead atoms. The summed E-state index contributed by atoms with van der Waals surface area (Å²) in [7, 11) is -5.94. The Balaban J connectivity index is 2.02. The number of azo groups is 1. The molecule has 2 N–H and O–H groups in total. The van der Waals surface area contributed by atoms with E-state index in [1.54, 1.807) is 0 Å². The van der Waals surface area contributed by atoms with Crippen LogP contribution in [0.15, 0.2) is 63.7 Å². The summed E-state index contributed by atoms with van der Waals surface area (Å²) >= 11 is 0. The molecular formula is C20H20N4O9S2. The van der Waals surface area contributed by atoms with E-state index < -0.39 is 38.6 Å². The lowest BCUT2D eigenvalue weighted by Gasteiger charge is -2.07. The highest BCUT2D eigenvalue weighted by Crippen LogP contribution is 2.30. The van der Waals surface area contributed by atoms with E-state index in [9.17, 15) is 26.7 Å². The van der Waals surface area contributed by atoms with Gasteiger partial charge in [0, 0.05) is 0 Å². The number of ether oxygens (including phenoxy) is 1. The van der Waals surface area contributed by atoms with Gasteiger partial charge in [-0.05, 0) is 42.0 Å². The van der Waals surface area contributed by atoms with Gasteiger partial charge >= 0.3 is 5.97 Å². The van der Waals surface area contributed by atoms with Crippen LogP contribution >= 0.6 is 0 Å². The smallest absolute Gasteiger partial charge is 0.360 e. The normalized spacial score (nSPS) is 12.2. The van der Waals surface area contributed by atoms with Crippen LogP contribution in [0.3, 0.4) is 0 Å². The zero-order valence-electron chi connectivity index (χ0n) is 18.4. The Morgan fingerprint density at radius 2 is 1.63 bits per heavy atom. The number of benzene rings is 2. The van der Waals surface area contributed by atoms with E-state index in [1.807, 2.05) is 0 Å². The molecule has 0 atom stereocenters. The van der Waals surface area contributed by atoms with Gasteiger partial charge in [-0.25, -0.2) is 9.48 Å². The predicted octanol–water partition coefficient (Wildman–Crippen LogP) is 2.29. The summed E-state index contributed by atoms with van der Waals surface area (Å²) in [6, 6.07) is 11.1. The molecule has 0 radical (unpaired) electrons. The van der Waals surface area contributed by atoms with Crippen LogP contribution in [0.4, 0.5) is 11.4 Å². The van der Waals surface area contributed by atoms with Crippen molar-refractivity contribution in [3.8, 4) is 5.69 Å². The second-order valence-electron chi connectivity index (χ2n) is 6.91. The Labute approximate surface area is 200 Å². The molecule has 1 aromatic heterocycles. The number of hydrogen-bond acceptors (Lipinski definition) is 11. The number of hydrogen-bond donors (Lipinski definition) is 2. The van der Waals surface area contributed by atoms with Crippen molar-refractivity contribution in [1.82, 2.24) is 9.78 Å². The van der Waals surface area contributed by atoms with Crippen LogP contribution in [0, 0.1) is 0 Å². The second kappa shape index (κ2) is 10.4. The minimum absolute atomic E-state index is 0.0690. The summed E-state index contributed by atoms with van der Waals surface area (Å²) in [4.78, 5) is 12.2. The lowest BCUT2D eigenvalue weighted by atomic mass is 10.2. The van der Waals surface area contributed by atoms with Crippen LogP contribution in [0.2, 0.25) is 0 Å². The zero-order chi connectivity index (χ0) is 25.8. The maximum absolute atomic E-state index is 12.3. The van der Waals surface area contributed by atoms with Gasteiger partial charge in [0.2, 0.25) is 0 Å². The van der Waals surface area contributed by atoms with E-state index in [0.29, 0.717) is 11.3 Å². The third kappa shape index (κ3) is 6.14. The second-order valence-corrected chi connectivity index (χ2v) is 10.1. The Morgan fingerprint density at radius 3 is 2.14 bits per heavy atom. The summed E-state index contributed by atoms with van der Waals surface area (Å²) in [5.74, 6) is -1.42. The first-order valence-electron chi connectivity index (χ1n) is 9.67. The summed E-state index contributed by atoms with van der Waals surface area (Å²) in [6.07, 6.45) is 0. The van der Waals surface area contributed by atoms with E-state index in [0.717, 1.165) is 14.2 Å². The molecule has 0 saturated carbocycles. The predicted molar refractivity (Wildman–Crippen MR) is 121 cm³/mol. The first kappa shape index (κ1) is 26.1. The first-order chi connectivity index (χ1) is 16.5. The summed E-state index contributed by atoms with van der Waals surface area (Å²) in [5.41, 5.74) is 0.645. The molecule has 186 valence electrons. The van der Waals surface area contributed by atoms with Crippen LogP contribution in [0.25, 0.3) is 5.69 Å². The van der Waals surface area contributed by atoms with Gasteiger partial charge in [0.25, 0.3) is 20.2 Å². The van der Waals surface area contributed by atoms with Crippen molar-refractivity contribution in [2.45, 2.75) is 17.3 Å². The Kier molecular flexibility index (Phi) is 7.76. The fourth-order valence-corrected chi connectivity index (χ4v) is 4.24. The Bertz CT molecular complexity index is 1460. The van der Waals surface area contributed by atoms with Crippen LogP contribution < -0.4 is 0 Å². The van der Waals surface area contributed by atoms with Gasteiger partial charge in [-0.1, -0.05) is 12.1 Å². The number of carbonyl (C=O) groups is 1. The molecule has 2 aromatic carbocycles. The van der Waals surface area contributed by atoms with Gasteiger partial charge in [0.05, 0.1) is 42.8 Å². The SMILES string of the molecule is COC(=O)c1nn(-c2ccc(S(=O)(=O)OC)cc2)c(CO)c1N=Nc1ccc(CS(=O)(=O)O)cc1. The standard InChI is InChI=1S/C20H20N4O9S2/c1-32-20(26)19-18(22-21-14-5-3-13(4-6-14)12-34(27,28)29)17(11-25)24(23-19)15-7-9-16(10-8-15)35(30,31)33-2/h3-10,25H,11-12H2,1-2H3,(H,27,28,29). The maximum Gasteiger partial charge on any atom is 0.360 e. The van der Waals surface area contributed by atoms with E-state index in [-0.39, 0.29) is 27.7 Å². The van der Waals surface area contributed by atoms with Crippen molar-refractivity contribution in [3.05, 3.63) is 65.5 Å². The molecular weight excluding hydrogens is 504 g/mol. The van der Waals surface area contributed by atoms with Gasteiger partial charge in [-0.3, -0.25) is 8.74 Å². The van der Waals surface area contributed by atoms with Crippen molar-refractivity contribution in [3.63, 3.8) is 0 Å². The maximum atomic E-state index is 12.3. The quantitative estimate of drug-likeness (QED) is 0.182. The van der Waals surface area contributed by atoms with Crippen LogP contribution in [-0.2, 0) is 41.5 Å².